The highest BCUT2D eigenvalue weighted by molar-refractivity contribution is 7.22. The molecule has 6 nitrogen and oxygen atoms in total. The van der Waals surface area contributed by atoms with Crippen molar-refractivity contribution >= 4 is 103 Å². The monoisotopic (exact) mass is 956 g/mol. The van der Waals surface area contributed by atoms with Gasteiger partial charge >= 0.3 is 24.3 Å². The van der Waals surface area contributed by atoms with E-state index in [4.69, 9.17) is 9.47 Å². The Kier molecular flexibility index (Phi) is 12.8. The molecule has 2 aromatic heterocycles. The van der Waals surface area contributed by atoms with E-state index in [1.165, 1.54) is 0 Å². The van der Waals surface area contributed by atoms with E-state index in [9.17, 15) is 45.5 Å². The van der Waals surface area contributed by atoms with E-state index in [1.54, 1.807) is 13.8 Å². The number of thiophene rings is 2. The van der Waals surface area contributed by atoms with Crippen molar-refractivity contribution in [3.05, 3.63) is 54.8 Å². The number of fused-ring (bicyclic) bond motifs is 9. The molecule has 0 spiro atoms. The van der Waals surface area contributed by atoms with E-state index < -0.39 is 61.4 Å². The summed E-state index contributed by atoms with van der Waals surface area (Å²) in [6, 6.07) is 2.26. The number of esters is 2. The maximum atomic E-state index is 15.0. The molecule has 0 N–H and O–H groups in total. The van der Waals surface area contributed by atoms with Crippen molar-refractivity contribution in [2.24, 2.45) is 0 Å². The molecule has 0 saturated heterocycles. The smallest absolute Gasteiger partial charge is 0.409 e. The topological polar surface area (TPSA) is 86.7 Å². The first-order chi connectivity index (χ1) is 29.5. The average Bonchev–Trinajstić information content (AvgIpc) is 3.89. The molecule has 64 heavy (non-hydrogen) atoms. The lowest BCUT2D eigenvalue weighted by Gasteiger charge is -2.38. The number of halogens is 6. The van der Waals surface area contributed by atoms with Crippen molar-refractivity contribution in [1.29, 1.82) is 0 Å². The molecule has 0 fully saturated rings. The molecule has 4 aromatic carbocycles. The highest BCUT2D eigenvalue weighted by atomic mass is 32.1. The number of alkyl halides is 6. The second kappa shape index (κ2) is 16.7. The van der Waals surface area contributed by atoms with Gasteiger partial charge in [0, 0.05) is 55.6 Å². The zero-order valence-electron chi connectivity index (χ0n) is 38.2. The Morgan fingerprint density at radius 1 is 0.516 bits per heavy atom. The predicted molar refractivity (Wildman–Crippen MR) is 253 cm³/mol. The second-order valence-corrected chi connectivity index (χ2v) is 31.8. The standard InChI is InChI=1S/C48H50F6O6S2Si2/c1-21(2)63(22(3)4,23(5)6)17-15-29-27(13)35-36(39-37(29)43-31(41(39)55)19-33(61-43)59-45(57)47(49,50)51)28(14)30(16-18-64(24(7)8,25(9)10)26(11)12)38-40(35)42(56)32-20-34(62-44(32)38)60-46(58)48(52,53)54/h19-26H,1-14H3. The molecule has 0 aliphatic carbocycles. The maximum Gasteiger partial charge on any atom is 0.491 e. The lowest BCUT2D eigenvalue weighted by Crippen LogP contribution is -2.43. The fraction of sp³-hybridized carbons (Fsp3) is 0.458. The van der Waals surface area contributed by atoms with Gasteiger partial charge in [-0.05, 0) is 69.0 Å². The number of benzene rings is 2. The van der Waals surface area contributed by atoms with Crippen LogP contribution in [-0.2, 0) is 9.59 Å². The highest BCUT2D eigenvalue weighted by Gasteiger charge is 2.45. The van der Waals surface area contributed by atoms with E-state index in [-0.39, 0.29) is 64.2 Å². The first-order valence-corrected chi connectivity index (χ1v) is 27.2. The van der Waals surface area contributed by atoms with E-state index >= 15 is 0 Å². The molecule has 0 bridgehead atoms. The highest BCUT2D eigenvalue weighted by Crippen LogP contribution is 2.49. The molecule has 16 heteroatoms. The van der Waals surface area contributed by atoms with Gasteiger partial charge in [-0.1, -0.05) is 118 Å². The minimum absolute atomic E-state index is 0.0138. The maximum absolute atomic E-state index is 15.0. The summed E-state index contributed by atoms with van der Waals surface area (Å²) in [6.45, 7) is 29.1. The zero-order chi connectivity index (χ0) is 48.1. The molecular formula is C48H50F6O6S2Si2. The Labute approximate surface area is 377 Å². The molecule has 0 unspecified atom stereocenters. The molecule has 0 aliphatic heterocycles. The molecule has 6 aromatic rings. The van der Waals surface area contributed by atoms with Crippen molar-refractivity contribution < 1.29 is 45.4 Å². The van der Waals surface area contributed by atoms with Gasteiger partial charge in [-0.25, -0.2) is 9.59 Å². The number of ether oxygens (including phenoxy) is 2. The average molecular weight is 957 g/mol. The number of hydrogen-bond acceptors (Lipinski definition) is 8. The van der Waals surface area contributed by atoms with Gasteiger partial charge < -0.3 is 9.47 Å². The molecule has 0 amide bonds. The van der Waals surface area contributed by atoms with E-state index in [0.29, 0.717) is 43.8 Å². The second-order valence-electron chi connectivity index (χ2n) is 18.6. The van der Waals surface area contributed by atoms with Gasteiger partial charge in [0.15, 0.2) is 21.0 Å². The summed E-state index contributed by atoms with van der Waals surface area (Å²) in [4.78, 5) is 53.9. The van der Waals surface area contributed by atoms with Crippen molar-refractivity contribution in [1.82, 2.24) is 0 Å². The summed E-state index contributed by atoms with van der Waals surface area (Å²) in [7, 11) is -5.01. The van der Waals surface area contributed by atoms with E-state index in [0.717, 1.165) is 34.8 Å². The molecule has 340 valence electrons. The first kappa shape index (κ1) is 49.0. The Morgan fingerprint density at radius 2 is 0.797 bits per heavy atom. The lowest BCUT2D eigenvalue weighted by molar-refractivity contribution is -0.189. The fourth-order valence-corrected chi connectivity index (χ4v) is 23.2. The third-order valence-electron chi connectivity index (χ3n) is 13.5. The van der Waals surface area contributed by atoms with Gasteiger partial charge in [-0.15, -0.1) is 11.1 Å². The quantitative estimate of drug-likeness (QED) is 0.0654. The Bertz CT molecular complexity index is 2880. The third-order valence-corrected chi connectivity index (χ3v) is 28.1. The molecule has 0 aliphatic rings. The van der Waals surface area contributed by atoms with Gasteiger partial charge in [0.25, 0.3) is 0 Å². The first-order valence-electron chi connectivity index (χ1n) is 21.1. The summed E-state index contributed by atoms with van der Waals surface area (Å²) >= 11 is 1.45. The van der Waals surface area contributed by atoms with Gasteiger partial charge in [0.05, 0.1) is 9.40 Å². The van der Waals surface area contributed by atoms with Crippen molar-refractivity contribution in [3.8, 4) is 33.1 Å². The van der Waals surface area contributed by atoms with E-state index in [2.05, 4.69) is 106 Å². The van der Waals surface area contributed by atoms with Crippen molar-refractivity contribution in [3.63, 3.8) is 0 Å². The van der Waals surface area contributed by atoms with Gasteiger partial charge in [0.2, 0.25) is 0 Å². The van der Waals surface area contributed by atoms with E-state index in [1.807, 2.05) is 0 Å². The predicted octanol–water partition coefficient (Wildman–Crippen LogP) is 13.9. The molecule has 0 saturated carbocycles. The van der Waals surface area contributed by atoms with Crippen LogP contribution in [0.2, 0.25) is 33.2 Å². The largest absolute Gasteiger partial charge is 0.491 e. The summed E-state index contributed by atoms with van der Waals surface area (Å²) in [5.74, 6) is 2.12. The fourth-order valence-electron chi connectivity index (χ4n) is 10.7. The molecule has 0 atom stereocenters. The summed E-state index contributed by atoms with van der Waals surface area (Å²) in [5, 5.41) is 1.03. The van der Waals surface area contributed by atoms with Crippen LogP contribution in [0.3, 0.4) is 0 Å². The Morgan fingerprint density at radius 3 is 1.05 bits per heavy atom. The Hall–Kier alpha value is -4.49. The molecule has 2 heterocycles. The lowest BCUT2D eigenvalue weighted by atomic mass is 9.87. The van der Waals surface area contributed by atoms with Crippen LogP contribution in [0, 0.1) is 36.8 Å². The van der Waals surface area contributed by atoms with Crippen LogP contribution in [0.25, 0.3) is 52.5 Å². The number of carbonyl (C=O) groups is 2. The molecule has 0 radical (unpaired) electrons. The van der Waals surface area contributed by atoms with Crippen LogP contribution >= 0.6 is 22.7 Å². The minimum atomic E-state index is -5.29. The normalized spacial score (nSPS) is 13.2. The van der Waals surface area contributed by atoms with Crippen molar-refractivity contribution in [2.75, 3.05) is 0 Å². The SMILES string of the molecule is Cc1c(C#C[Si](C(C)C)(C(C)C)C(C)C)c2c3sc(OC(=O)C(F)(F)F)cc3c(=O)c2c2c(C)c(C#C[Si](C(C)C)(C(C)C)C(C)C)c3c4sc(OC(=O)C(F)(F)F)cc4c(=O)c3c12. The minimum Gasteiger partial charge on any atom is -0.409 e. The number of carbonyl (C=O) groups excluding carboxylic acids is 2. The Balaban J connectivity index is 1.91. The van der Waals surface area contributed by atoms with Crippen molar-refractivity contribution in [2.45, 2.75) is 143 Å². The number of rotatable bonds is 8. The summed E-state index contributed by atoms with van der Waals surface area (Å²) < 4.78 is 90.4. The van der Waals surface area contributed by atoms with Crippen LogP contribution in [-0.4, -0.2) is 40.4 Å². The summed E-state index contributed by atoms with van der Waals surface area (Å²) in [6.07, 6.45) is -10.6. The van der Waals surface area contributed by atoms with Crippen LogP contribution in [0.15, 0.2) is 21.7 Å². The number of aryl methyl sites for hydroxylation is 2. The number of hydrogen-bond donors (Lipinski definition) is 0. The molecule has 6 rings (SSSR count). The van der Waals surface area contributed by atoms with Crippen LogP contribution in [0.1, 0.15) is 105 Å². The zero-order valence-corrected chi connectivity index (χ0v) is 41.8. The van der Waals surface area contributed by atoms with Crippen LogP contribution in [0.4, 0.5) is 26.3 Å². The van der Waals surface area contributed by atoms with Gasteiger partial charge in [0.1, 0.15) is 16.1 Å². The molecular weight excluding hydrogens is 907 g/mol. The van der Waals surface area contributed by atoms with Gasteiger partial charge in [-0.2, -0.15) is 26.3 Å². The summed E-state index contributed by atoms with van der Waals surface area (Å²) in [5.41, 5.74) is 9.20. The third kappa shape index (κ3) is 7.60. The van der Waals surface area contributed by atoms with Gasteiger partial charge in [-0.3, -0.25) is 9.59 Å². The van der Waals surface area contributed by atoms with Crippen LogP contribution < -0.4 is 20.3 Å². The van der Waals surface area contributed by atoms with Crippen LogP contribution in [0.5, 0.6) is 10.1 Å².